The Balaban J connectivity index is 2.16. The first kappa shape index (κ1) is 26.7. The van der Waals surface area contributed by atoms with Gasteiger partial charge in [-0.15, -0.1) is 0 Å². The van der Waals surface area contributed by atoms with E-state index in [9.17, 15) is 19.8 Å². The van der Waals surface area contributed by atoms with E-state index in [1.165, 1.54) is 6.07 Å². The molecule has 0 spiro atoms. The summed E-state index contributed by atoms with van der Waals surface area (Å²) in [5, 5.41) is 21.1. The SMILES string of the molecule is CCN(CC)CCCc1cc(C(=O)O)c2oc3c(C(=O)O)cccc3c2c1CCCN(CC)CC. The van der Waals surface area contributed by atoms with Gasteiger partial charge < -0.3 is 24.4 Å². The minimum Gasteiger partial charge on any atom is -0.478 e. The first-order chi connectivity index (χ1) is 16.9. The zero-order chi connectivity index (χ0) is 25.5. The number of furan rings is 1. The number of aromatic carboxylic acids is 2. The maximum Gasteiger partial charge on any atom is 0.339 e. The highest BCUT2D eigenvalue weighted by Crippen LogP contribution is 2.38. The predicted molar refractivity (Wildman–Crippen MR) is 140 cm³/mol. The number of nitrogens with zero attached hydrogens (tertiary/aromatic N) is 2. The highest BCUT2D eigenvalue weighted by molar-refractivity contribution is 6.16. The van der Waals surface area contributed by atoms with Crippen LogP contribution >= 0.6 is 0 Å². The van der Waals surface area contributed by atoms with Crippen LogP contribution in [0.15, 0.2) is 28.7 Å². The van der Waals surface area contributed by atoms with Crippen LogP contribution in [-0.4, -0.2) is 71.2 Å². The quantitative estimate of drug-likeness (QED) is 0.312. The van der Waals surface area contributed by atoms with E-state index in [2.05, 4.69) is 37.5 Å². The van der Waals surface area contributed by atoms with Gasteiger partial charge in [0.05, 0.1) is 0 Å². The minimum absolute atomic E-state index is 0.0483. The number of benzene rings is 2. The van der Waals surface area contributed by atoms with Gasteiger partial charge in [-0.25, -0.2) is 9.59 Å². The fraction of sp³-hybridized carbons (Fsp3) is 0.500. The topological polar surface area (TPSA) is 94.2 Å². The molecule has 3 rings (SSSR count). The van der Waals surface area contributed by atoms with Crippen LogP contribution < -0.4 is 0 Å². The normalized spacial score (nSPS) is 11.8. The lowest BCUT2D eigenvalue weighted by molar-refractivity contribution is 0.0688. The van der Waals surface area contributed by atoms with E-state index in [-0.39, 0.29) is 22.3 Å². The zero-order valence-electron chi connectivity index (χ0n) is 21.4. The third-order valence-corrected chi connectivity index (χ3v) is 7.04. The van der Waals surface area contributed by atoms with Crippen molar-refractivity contribution in [2.24, 2.45) is 0 Å². The Hall–Kier alpha value is -2.90. The van der Waals surface area contributed by atoms with Crippen molar-refractivity contribution >= 4 is 33.9 Å². The summed E-state index contributed by atoms with van der Waals surface area (Å²) < 4.78 is 6.00. The summed E-state index contributed by atoms with van der Waals surface area (Å²) in [7, 11) is 0. The average Bonchev–Trinajstić information content (AvgIpc) is 3.24. The Morgan fingerprint density at radius 1 is 0.800 bits per heavy atom. The summed E-state index contributed by atoms with van der Waals surface area (Å²) in [6.45, 7) is 14.4. The standard InChI is InChI=1S/C28H38N2O5/c1-5-29(6-2)16-10-12-19-18-23(28(33)34)26-24(20(19)15-11-17-30(7-3)8-4)21-13-9-14-22(27(31)32)25(21)35-26/h9,13-14,18H,5-8,10-12,15-17H2,1-4H3,(H,31,32)(H,33,34). The highest BCUT2D eigenvalue weighted by atomic mass is 16.4. The largest absolute Gasteiger partial charge is 0.478 e. The molecule has 0 atom stereocenters. The van der Waals surface area contributed by atoms with Gasteiger partial charge in [0.2, 0.25) is 0 Å². The van der Waals surface area contributed by atoms with E-state index in [0.717, 1.165) is 81.5 Å². The van der Waals surface area contributed by atoms with Crippen LogP contribution in [0, 0.1) is 0 Å². The number of hydrogen-bond donors (Lipinski definition) is 2. The number of rotatable bonds is 14. The molecule has 3 aromatic rings. The molecule has 0 aliphatic heterocycles. The monoisotopic (exact) mass is 482 g/mol. The second-order valence-electron chi connectivity index (χ2n) is 8.92. The molecule has 0 unspecified atom stereocenters. The van der Waals surface area contributed by atoms with Gasteiger partial charge in [-0.2, -0.15) is 0 Å². The molecule has 0 amide bonds. The summed E-state index contributed by atoms with van der Waals surface area (Å²) in [5.74, 6) is -2.15. The molecule has 0 bridgehead atoms. The molecule has 0 fully saturated rings. The van der Waals surface area contributed by atoms with Crippen LogP contribution in [-0.2, 0) is 12.8 Å². The molecule has 7 heteroatoms. The molecule has 2 aromatic carbocycles. The van der Waals surface area contributed by atoms with Crippen LogP contribution in [0.2, 0.25) is 0 Å². The van der Waals surface area contributed by atoms with Crippen LogP contribution in [0.3, 0.4) is 0 Å². The van der Waals surface area contributed by atoms with Crippen LogP contribution in [0.1, 0.15) is 72.4 Å². The molecule has 0 aliphatic carbocycles. The summed E-state index contributed by atoms with van der Waals surface area (Å²) in [6, 6.07) is 6.79. The van der Waals surface area contributed by atoms with Crippen LogP contribution in [0.5, 0.6) is 0 Å². The molecule has 0 saturated carbocycles. The second kappa shape index (κ2) is 12.2. The third kappa shape index (κ3) is 5.85. The molecule has 0 radical (unpaired) electrons. The molecule has 2 N–H and O–H groups in total. The van der Waals surface area contributed by atoms with Gasteiger partial charge in [0.1, 0.15) is 22.3 Å². The number of para-hydroxylation sites is 1. The Bertz CT molecular complexity index is 1180. The van der Waals surface area contributed by atoms with Gasteiger partial charge in [-0.05, 0) is 88.2 Å². The fourth-order valence-electron chi connectivity index (χ4n) is 4.98. The van der Waals surface area contributed by atoms with Crippen molar-refractivity contribution in [2.45, 2.75) is 53.4 Å². The maximum absolute atomic E-state index is 12.2. The van der Waals surface area contributed by atoms with Crippen molar-refractivity contribution in [3.8, 4) is 0 Å². The van der Waals surface area contributed by atoms with Gasteiger partial charge in [-0.1, -0.05) is 39.8 Å². The first-order valence-corrected chi connectivity index (χ1v) is 12.8. The van der Waals surface area contributed by atoms with Crippen LogP contribution in [0.25, 0.3) is 21.9 Å². The summed E-state index contributed by atoms with van der Waals surface area (Å²) >= 11 is 0. The number of carboxylic acid groups (broad SMARTS) is 2. The summed E-state index contributed by atoms with van der Waals surface area (Å²) in [6.07, 6.45) is 3.39. The highest BCUT2D eigenvalue weighted by Gasteiger charge is 2.24. The molecule has 0 saturated heterocycles. The van der Waals surface area contributed by atoms with Crippen molar-refractivity contribution < 1.29 is 24.2 Å². The van der Waals surface area contributed by atoms with Crippen molar-refractivity contribution in [1.82, 2.24) is 9.80 Å². The molecule has 35 heavy (non-hydrogen) atoms. The van der Waals surface area contributed by atoms with Gasteiger partial charge in [-0.3, -0.25) is 0 Å². The smallest absolute Gasteiger partial charge is 0.339 e. The number of aryl methyl sites for hydroxylation is 2. The zero-order valence-corrected chi connectivity index (χ0v) is 21.4. The lowest BCUT2D eigenvalue weighted by Gasteiger charge is -2.20. The van der Waals surface area contributed by atoms with Crippen molar-refractivity contribution in [2.75, 3.05) is 39.3 Å². The second-order valence-corrected chi connectivity index (χ2v) is 8.92. The number of carboxylic acids is 2. The molecule has 1 aromatic heterocycles. The van der Waals surface area contributed by atoms with Crippen molar-refractivity contribution in [3.05, 3.63) is 46.5 Å². The number of carbonyl (C=O) groups is 2. The van der Waals surface area contributed by atoms with E-state index >= 15 is 0 Å². The Morgan fingerprint density at radius 3 is 1.91 bits per heavy atom. The van der Waals surface area contributed by atoms with E-state index in [4.69, 9.17) is 4.42 Å². The molecule has 7 nitrogen and oxygen atoms in total. The van der Waals surface area contributed by atoms with E-state index in [1.54, 1.807) is 12.1 Å². The van der Waals surface area contributed by atoms with Gasteiger partial charge >= 0.3 is 11.9 Å². The van der Waals surface area contributed by atoms with Gasteiger partial charge in [0.15, 0.2) is 0 Å². The molecule has 1 heterocycles. The molecular formula is C28H38N2O5. The Labute approximate surface area is 207 Å². The summed E-state index contributed by atoms with van der Waals surface area (Å²) in [4.78, 5) is 28.8. The number of hydrogen-bond acceptors (Lipinski definition) is 5. The van der Waals surface area contributed by atoms with E-state index in [0.29, 0.717) is 5.39 Å². The van der Waals surface area contributed by atoms with E-state index in [1.807, 2.05) is 6.07 Å². The molecular weight excluding hydrogens is 444 g/mol. The maximum atomic E-state index is 12.2. The third-order valence-electron chi connectivity index (χ3n) is 7.04. The van der Waals surface area contributed by atoms with Gasteiger partial charge in [0, 0.05) is 10.8 Å². The number of fused-ring (bicyclic) bond motifs is 3. The van der Waals surface area contributed by atoms with Crippen molar-refractivity contribution in [3.63, 3.8) is 0 Å². The molecule has 190 valence electrons. The molecule has 0 aliphatic rings. The first-order valence-electron chi connectivity index (χ1n) is 12.8. The van der Waals surface area contributed by atoms with Crippen LogP contribution in [0.4, 0.5) is 0 Å². The Morgan fingerprint density at radius 2 is 1.37 bits per heavy atom. The Kier molecular flexibility index (Phi) is 9.29. The minimum atomic E-state index is -1.09. The van der Waals surface area contributed by atoms with E-state index < -0.39 is 11.9 Å². The fourth-order valence-corrected chi connectivity index (χ4v) is 4.98. The summed E-state index contributed by atoms with van der Waals surface area (Å²) in [5.41, 5.74) is 2.75. The average molecular weight is 483 g/mol. The van der Waals surface area contributed by atoms with Gasteiger partial charge in [0.25, 0.3) is 0 Å². The predicted octanol–water partition coefficient (Wildman–Crippen LogP) is 5.53. The van der Waals surface area contributed by atoms with Crippen molar-refractivity contribution in [1.29, 1.82) is 0 Å². The lowest BCUT2D eigenvalue weighted by atomic mass is 9.91. The lowest BCUT2D eigenvalue weighted by Crippen LogP contribution is -2.25.